The van der Waals surface area contributed by atoms with Crippen LogP contribution < -0.4 is 15.4 Å². The van der Waals surface area contributed by atoms with Crippen molar-refractivity contribution in [2.24, 2.45) is 5.73 Å². The van der Waals surface area contributed by atoms with Gasteiger partial charge in [0, 0.05) is 13.6 Å². The van der Waals surface area contributed by atoms with Crippen molar-refractivity contribution in [1.82, 2.24) is 0 Å². The van der Waals surface area contributed by atoms with Gasteiger partial charge in [0.2, 0.25) is 0 Å². The number of aryl methyl sites for hydroxylation is 1. The van der Waals surface area contributed by atoms with E-state index in [2.05, 4.69) is 31.0 Å². The van der Waals surface area contributed by atoms with Crippen molar-refractivity contribution in [1.29, 1.82) is 0 Å². The average molecular weight is 192 g/mol. The quantitative estimate of drug-likeness (QED) is 0.725. The normalized spacial score (nSPS) is 20.2. The van der Waals surface area contributed by atoms with Crippen LogP contribution in [0, 0.1) is 6.92 Å². The Hall–Kier alpha value is -1.22. The Bertz CT molecular complexity index is 338. The molecule has 0 saturated heterocycles. The van der Waals surface area contributed by atoms with Crippen molar-refractivity contribution >= 4 is 5.69 Å². The maximum atomic E-state index is 5.71. The van der Waals surface area contributed by atoms with Crippen molar-refractivity contribution in [2.75, 3.05) is 25.1 Å². The monoisotopic (exact) mass is 192 g/mol. The largest absolute Gasteiger partial charge is 0.489 e. The van der Waals surface area contributed by atoms with E-state index in [1.54, 1.807) is 0 Å². The average Bonchev–Trinajstić information content (AvgIpc) is 2.20. The Labute approximate surface area is 84.5 Å². The summed E-state index contributed by atoms with van der Waals surface area (Å²) in [6, 6.07) is 6.48. The minimum Gasteiger partial charge on any atom is -0.489 e. The summed E-state index contributed by atoms with van der Waals surface area (Å²) in [6.45, 7) is 3.38. The molecular weight excluding hydrogens is 176 g/mol. The van der Waals surface area contributed by atoms with Gasteiger partial charge in [0.1, 0.15) is 12.4 Å². The number of anilines is 1. The predicted molar refractivity (Wildman–Crippen MR) is 57.9 cm³/mol. The molecule has 0 amide bonds. The third-order valence-electron chi connectivity index (χ3n) is 2.81. The van der Waals surface area contributed by atoms with Gasteiger partial charge in [-0.1, -0.05) is 12.1 Å². The van der Waals surface area contributed by atoms with Gasteiger partial charge >= 0.3 is 0 Å². The minimum atomic E-state index is 0.296. The zero-order valence-electron chi connectivity index (χ0n) is 8.66. The summed E-state index contributed by atoms with van der Waals surface area (Å²) in [6.07, 6.45) is 0. The summed E-state index contributed by atoms with van der Waals surface area (Å²) < 4.78 is 5.71. The highest BCUT2D eigenvalue weighted by molar-refractivity contribution is 5.63. The van der Waals surface area contributed by atoms with E-state index in [1.165, 1.54) is 5.56 Å². The van der Waals surface area contributed by atoms with Gasteiger partial charge in [0.05, 0.1) is 11.7 Å². The zero-order valence-corrected chi connectivity index (χ0v) is 8.66. The lowest BCUT2D eigenvalue weighted by atomic mass is 10.1. The number of nitrogens with two attached hydrogens (primary N) is 1. The van der Waals surface area contributed by atoms with Gasteiger partial charge in [-0.05, 0) is 18.6 Å². The second-order valence-electron chi connectivity index (χ2n) is 3.73. The Kier molecular flexibility index (Phi) is 2.33. The van der Waals surface area contributed by atoms with Crippen LogP contribution in [-0.4, -0.2) is 26.2 Å². The highest BCUT2D eigenvalue weighted by Crippen LogP contribution is 2.35. The predicted octanol–water partition coefficient (Wildman–Crippen LogP) is 1.15. The topological polar surface area (TPSA) is 38.5 Å². The van der Waals surface area contributed by atoms with Crippen molar-refractivity contribution < 1.29 is 4.74 Å². The fourth-order valence-corrected chi connectivity index (χ4v) is 1.82. The van der Waals surface area contributed by atoms with Crippen LogP contribution in [0.5, 0.6) is 5.75 Å². The number of benzene rings is 1. The molecule has 1 heterocycles. The molecule has 3 nitrogen and oxygen atoms in total. The van der Waals surface area contributed by atoms with Gasteiger partial charge in [0.15, 0.2) is 0 Å². The van der Waals surface area contributed by atoms with Gasteiger partial charge in [-0.2, -0.15) is 0 Å². The number of fused-ring (bicyclic) bond motifs is 1. The van der Waals surface area contributed by atoms with Crippen LogP contribution in [0.3, 0.4) is 0 Å². The van der Waals surface area contributed by atoms with Gasteiger partial charge in [-0.3, -0.25) is 0 Å². The standard InChI is InChI=1S/C11H16N2O/c1-8-4-3-5-10-11(8)14-7-9(6-12)13(10)2/h3-5,9H,6-7,12H2,1-2H3. The van der Waals surface area contributed by atoms with Crippen LogP contribution in [0.4, 0.5) is 5.69 Å². The maximum absolute atomic E-state index is 5.71. The zero-order chi connectivity index (χ0) is 10.1. The summed E-state index contributed by atoms with van der Waals surface area (Å²) in [5.41, 5.74) is 8.00. The van der Waals surface area contributed by atoms with E-state index >= 15 is 0 Å². The molecule has 1 unspecified atom stereocenters. The molecule has 0 bridgehead atoms. The number of nitrogens with zero attached hydrogens (tertiary/aromatic N) is 1. The first-order valence-corrected chi connectivity index (χ1v) is 4.89. The summed E-state index contributed by atoms with van der Waals surface area (Å²) in [7, 11) is 2.07. The summed E-state index contributed by atoms with van der Waals surface area (Å²) >= 11 is 0. The van der Waals surface area contributed by atoms with Crippen LogP contribution in [0.1, 0.15) is 5.56 Å². The van der Waals surface area contributed by atoms with Crippen LogP contribution in [-0.2, 0) is 0 Å². The number of hydrogen-bond acceptors (Lipinski definition) is 3. The fraction of sp³-hybridized carbons (Fsp3) is 0.455. The smallest absolute Gasteiger partial charge is 0.145 e. The van der Waals surface area contributed by atoms with Crippen LogP contribution in [0.25, 0.3) is 0 Å². The first kappa shape index (κ1) is 9.34. The SMILES string of the molecule is Cc1cccc2c1OCC(CN)N2C. The molecule has 0 aliphatic carbocycles. The molecule has 2 rings (SSSR count). The number of rotatable bonds is 1. The summed E-state index contributed by atoms with van der Waals surface area (Å²) in [4.78, 5) is 2.20. The van der Waals surface area contributed by atoms with Gasteiger partial charge in [0.25, 0.3) is 0 Å². The third-order valence-corrected chi connectivity index (χ3v) is 2.81. The molecule has 0 aromatic heterocycles. The van der Waals surface area contributed by atoms with Crippen LogP contribution >= 0.6 is 0 Å². The number of ether oxygens (including phenoxy) is 1. The third kappa shape index (κ3) is 1.34. The van der Waals surface area contributed by atoms with E-state index in [4.69, 9.17) is 10.5 Å². The van der Waals surface area contributed by atoms with E-state index in [0.29, 0.717) is 19.2 Å². The Balaban J connectivity index is 2.41. The second-order valence-corrected chi connectivity index (χ2v) is 3.73. The molecule has 1 aliphatic rings. The van der Waals surface area contributed by atoms with E-state index < -0.39 is 0 Å². The van der Waals surface area contributed by atoms with E-state index in [9.17, 15) is 0 Å². The second kappa shape index (κ2) is 3.50. The number of likely N-dealkylation sites (N-methyl/N-ethyl adjacent to an activating group) is 1. The lowest BCUT2D eigenvalue weighted by Gasteiger charge is -2.35. The lowest BCUT2D eigenvalue weighted by Crippen LogP contribution is -2.45. The van der Waals surface area contributed by atoms with Crippen molar-refractivity contribution in [3.05, 3.63) is 23.8 Å². The molecule has 1 atom stereocenters. The first-order chi connectivity index (χ1) is 6.74. The van der Waals surface area contributed by atoms with Gasteiger partial charge in [-0.25, -0.2) is 0 Å². The molecule has 0 saturated carbocycles. The van der Waals surface area contributed by atoms with Crippen LogP contribution in [0.15, 0.2) is 18.2 Å². The highest BCUT2D eigenvalue weighted by Gasteiger charge is 2.24. The molecular formula is C11H16N2O. The summed E-state index contributed by atoms with van der Waals surface area (Å²) in [5, 5.41) is 0. The maximum Gasteiger partial charge on any atom is 0.145 e. The van der Waals surface area contributed by atoms with Gasteiger partial charge < -0.3 is 15.4 Å². The molecule has 0 fully saturated rings. The van der Waals surface area contributed by atoms with Crippen molar-refractivity contribution in [3.8, 4) is 5.75 Å². The molecule has 76 valence electrons. The van der Waals surface area contributed by atoms with E-state index in [0.717, 1.165) is 11.4 Å². The first-order valence-electron chi connectivity index (χ1n) is 4.89. The van der Waals surface area contributed by atoms with Crippen molar-refractivity contribution in [2.45, 2.75) is 13.0 Å². The molecule has 0 radical (unpaired) electrons. The molecule has 14 heavy (non-hydrogen) atoms. The Morgan fingerprint density at radius 3 is 3.07 bits per heavy atom. The highest BCUT2D eigenvalue weighted by atomic mass is 16.5. The molecule has 2 N–H and O–H groups in total. The fourth-order valence-electron chi connectivity index (χ4n) is 1.82. The van der Waals surface area contributed by atoms with Crippen LogP contribution in [0.2, 0.25) is 0 Å². The van der Waals surface area contributed by atoms with E-state index in [1.807, 2.05) is 6.07 Å². The Morgan fingerprint density at radius 2 is 2.36 bits per heavy atom. The van der Waals surface area contributed by atoms with E-state index in [-0.39, 0.29) is 0 Å². The lowest BCUT2D eigenvalue weighted by molar-refractivity contribution is 0.267. The molecule has 3 heteroatoms. The number of para-hydroxylation sites is 1. The molecule has 1 aromatic carbocycles. The number of hydrogen-bond donors (Lipinski definition) is 1. The Morgan fingerprint density at radius 1 is 1.57 bits per heavy atom. The molecule has 1 aromatic rings. The minimum absolute atomic E-state index is 0.296. The molecule has 1 aliphatic heterocycles. The van der Waals surface area contributed by atoms with Crippen molar-refractivity contribution in [3.63, 3.8) is 0 Å². The molecule has 0 spiro atoms. The summed E-state index contributed by atoms with van der Waals surface area (Å²) in [5.74, 6) is 1.000. The van der Waals surface area contributed by atoms with Gasteiger partial charge in [-0.15, -0.1) is 0 Å².